The molecule has 22 heavy (non-hydrogen) atoms. The van der Waals surface area contributed by atoms with Gasteiger partial charge in [-0.15, -0.1) is 11.8 Å². The minimum Gasteiger partial charge on any atom is -0.486 e. The third-order valence-electron chi connectivity index (χ3n) is 3.05. The largest absolute Gasteiger partial charge is 0.486 e. The summed E-state index contributed by atoms with van der Waals surface area (Å²) in [7, 11) is 0. The van der Waals surface area contributed by atoms with Crippen molar-refractivity contribution in [2.75, 3.05) is 30.0 Å². The molecule has 0 saturated heterocycles. The number of amides is 1. The molecule has 2 aromatic carbocycles. The number of anilines is 2. The monoisotopic (exact) mass is 316 g/mol. The van der Waals surface area contributed by atoms with Crippen molar-refractivity contribution in [2.24, 2.45) is 0 Å². The number of nitrogens with one attached hydrogen (secondary N) is 1. The SMILES string of the molecule is Nc1cccc(SCC(=O)Nc2ccc3c(c2)OCCO3)c1. The molecule has 3 N–H and O–H groups in total. The third kappa shape index (κ3) is 3.65. The first-order chi connectivity index (χ1) is 10.7. The summed E-state index contributed by atoms with van der Waals surface area (Å²) >= 11 is 1.44. The van der Waals surface area contributed by atoms with E-state index in [-0.39, 0.29) is 5.91 Å². The fourth-order valence-corrected chi connectivity index (χ4v) is 2.84. The number of ether oxygens (including phenoxy) is 2. The Hall–Kier alpha value is -2.34. The van der Waals surface area contributed by atoms with Crippen LogP contribution in [0.15, 0.2) is 47.4 Å². The molecule has 0 bridgehead atoms. The van der Waals surface area contributed by atoms with Crippen LogP contribution in [0.1, 0.15) is 0 Å². The van der Waals surface area contributed by atoms with E-state index in [1.807, 2.05) is 24.3 Å². The molecular weight excluding hydrogens is 300 g/mol. The van der Waals surface area contributed by atoms with Gasteiger partial charge in [0.15, 0.2) is 11.5 Å². The van der Waals surface area contributed by atoms with E-state index in [0.29, 0.717) is 41.8 Å². The molecule has 114 valence electrons. The topological polar surface area (TPSA) is 73.6 Å². The van der Waals surface area contributed by atoms with E-state index in [9.17, 15) is 4.79 Å². The van der Waals surface area contributed by atoms with E-state index >= 15 is 0 Å². The maximum atomic E-state index is 12.0. The Morgan fingerprint density at radius 1 is 1.14 bits per heavy atom. The number of fused-ring (bicyclic) bond motifs is 1. The fourth-order valence-electron chi connectivity index (χ4n) is 2.07. The molecule has 1 aliphatic heterocycles. The molecule has 1 amide bonds. The predicted octanol–water partition coefficient (Wildman–Crippen LogP) is 2.77. The molecular formula is C16H16N2O3S. The van der Waals surface area contributed by atoms with Gasteiger partial charge in [0.05, 0.1) is 5.75 Å². The summed E-state index contributed by atoms with van der Waals surface area (Å²) in [6.07, 6.45) is 0. The number of rotatable bonds is 4. The highest BCUT2D eigenvalue weighted by Gasteiger charge is 2.12. The van der Waals surface area contributed by atoms with E-state index < -0.39 is 0 Å². The van der Waals surface area contributed by atoms with Gasteiger partial charge >= 0.3 is 0 Å². The van der Waals surface area contributed by atoms with Crippen molar-refractivity contribution >= 4 is 29.0 Å². The van der Waals surface area contributed by atoms with Gasteiger partial charge in [0.1, 0.15) is 13.2 Å². The van der Waals surface area contributed by atoms with Crippen molar-refractivity contribution < 1.29 is 14.3 Å². The lowest BCUT2D eigenvalue weighted by atomic mass is 10.2. The minimum absolute atomic E-state index is 0.0795. The van der Waals surface area contributed by atoms with Crippen LogP contribution in [0.3, 0.4) is 0 Å². The second-order valence-corrected chi connectivity index (χ2v) is 5.82. The molecule has 0 spiro atoms. The Bertz CT molecular complexity index is 691. The highest BCUT2D eigenvalue weighted by molar-refractivity contribution is 8.00. The van der Waals surface area contributed by atoms with Crippen LogP contribution in [0.25, 0.3) is 0 Å². The number of nitrogens with two attached hydrogens (primary N) is 1. The molecule has 6 heteroatoms. The number of carbonyl (C=O) groups is 1. The molecule has 2 aromatic rings. The van der Waals surface area contributed by atoms with E-state index in [1.54, 1.807) is 18.2 Å². The lowest BCUT2D eigenvalue weighted by Gasteiger charge is -2.19. The Balaban J connectivity index is 1.57. The van der Waals surface area contributed by atoms with E-state index in [2.05, 4.69) is 5.32 Å². The number of thioether (sulfide) groups is 1. The van der Waals surface area contributed by atoms with Crippen molar-refractivity contribution in [1.29, 1.82) is 0 Å². The van der Waals surface area contributed by atoms with Crippen LogP contribution in [0, 0.1) is 0 Å². The van der Waals surface area contributed by atoms with Crippen LogP contribution in [-0.4, -0.2) is 24.9 Å². The molecule has 0 saturated carbocycles. The molecule has 0 unspecified atom stereocenters. The van der Waals surface area contributed by atoms with Gasteiger partial charge in [-0.3, -0.25) is 4.79 Å². The van der Waals surface area contributed by atoms with Crippen LogP contribution in [0.4, 0.5) is 11.4 Å². The summed E-state index contributed by atoms with van der Waals surface area (Å²) in [6.45, 7) is 1.07. The first-order valence-electron chi connectivity index (χ1n) is 6.88. The van der Waals surface area contributed by atoms with E-state index in [4.69, 9.17) is 15.2 Å². The minimum atomic E-state index is -0.0795. The summed E-state index contributed by atoms with van der Waals surface area (Å²) in [5.74, 6) is 1.60. The number of nitrogen functional groups attached to an aromatic ring is 1. The first kappa shape index (κ1) is 14.6. The van der Waals surface area contributed by atoms with Gasteiger partial charge in [-0.05, 0) is 30.3 Å². The van der Waals surface area contributed by atoms with Gasteiger partial charge in [0, 0.05) is 22.3 Å². The number of hydrogen-bond acceptors (Lipinski definition) is 5. The summed E-state index contributed by atoms with van der Waals surface area (Å²) in [5.41, 5.74) is 7.10. The van der Waals surface area contributed by atoms with Crippen molar-refractivity contribution in [3.8, 4) is 11.5 Å². The van der Waals surface area contributed by atoms with E-state index in [1.165, 1.54) is 11.8 Å². The Morgan fingerprint density at radius 2 is 1.95 bits per heavy atom. The molecule has 0 aromatic heterocycles. The normalized spacial score (nSPS) is 12.7. The second kappa shape index (κ2) is 6.62. The zero-order valence-corrected chi connectivity index (χ0v) is 12.7. The second-order valence-electron chi connectivity index (χ2n) is 4.77. The summed E-state index contributed by atoms with van der Waals surface area (Å²) in [6, 6.07) is 12.8. The maximum Gasteiger partial charge on any atom is 0.234 e. The summed E-state index contributed by atoms with van der Waals surface area (Å²) in [5, 5.41) is 2.85. The Morgan fingerprint density at radius 3 is 2.77 bits per heavy atom. The molecule has 0 fully saturated rings. The molecule has 3 rings (SSSR count). The summed E-state index contributed by atoms with van der Waals surface area (Å²) < 4.78 is 10.9. The van der Waals surface area contributed by atoms with Crippen molar-refractivity contribution in [1.82, 2.24) is 0 Å². The standard InChI is InChI=1S/C16H16N2O3S/c17-11-2-1-3-13(8-11)22-10-16(19)18-12-4-5-14-15(9-12)21-7-6-20-14/h1-5,8-9H,6-7,10,17H2,(H,18,19). The molecule has 1 aliphatic rings. The van der Waals surface area contributed by atoms with Gasteiger partial charge < -0.3 is 20.5 Å². The maximum absolute atomic E-state index is 12.0. The first-order valence-corrected chi connectivity index (χ1v) is 7.87. The molecule has 5 nitrogen and oxygen atoms in total. The average molecular weight is 316 g/mol. The van der Waals surface area contributed by atoms with Crippen molar-refractivity contribution in [2.45, 2.75) is 4.90 Å². The van der Waals surface area contributed by atoms with Crippen molar-refractivity contribution in [3.63, 3.8) is 0 Å². The van der Waals surface area contributed by atoms with Gasteiger partial charge in [-0.25, -0.2) is 0 Å². The fraction of sp³-hybridized carbons (Fsp3) is 0.188. The zero-order chi connectivity index (χ0) is 15.4. The smallest absolute Gasteiger partial charge is 0.234 e. The highest BCUT2D eigenvalue weighted by atomic mass is 32.2. The summed E-state index contributed by atoms with van der Waals surface area (Å²) in [4.78, 5) is 13.0. The van der Waals surface area contributed by atoms with Crippen LogP contribution >= 0.6 is 11.8 Å². The Labute approximate surface area is 132 Å². The lowest BCUT2D eigenvalue weighted by molar-refractivity contribution is -0.113. The van der Waals surface area contributed by atoms with Gasteiger partial charge in [-0.2, -0.15) is 0 Å². The Kier molecular flexibility index (Phi) is 4.39. The molecule has 0 radical (unpaired) electrons. The van der Waals surface area contributed by atoms with Gasteiger partial charge in [0.25, 0.3) is 0 Å². The number of carbonyl (C=O) groups excluding carboxylic acids is 1. The van der Waals surface area contributed by atoms with Gasteiger partial charge in [0.2, 0.25) is 5.91 Å². The van der Waals surface area contributed by atoms with Crippen LogP contribution in [0.5, 0.6) is 11.5 Å². The quantitative estimate of drug-likeness (QED) is 0.670. The molecule has 0 atom stereocenters. The van der Waals surface area contributed by atoms with Crippen LogP contribution in [0.2, 0.25) is 0 Å². The molecule has 1 heterocycles. The predicted molar refractivity (Wildman–Crippen MR) is 87.6 cm³/mol. The van der Waals surface area contributed by atoms with Crippen LogP contribution < -0.4 is 20.5 Å². The number of benzene rings is 2. The average Bonchev–Trinajstić information content (AvgIpc) is 2.53. The number of hydrogen-bond donors (Lipinski definition) is 2. The lowest BCUT2D eigenvalue weighted by Crippen LogP contribution is -2.17. The third-order valence-corrected chi connectivity index (χ3v) is 4.05. The van der Waals surface area contributed by atoms with Crippen LogP contribution in [-0.2, 0) is 4.79 Å². The van der Waals surface area contributed by atoms with E-state index in [0.717, 1.165) is 4.90 Å². The highest BCUT2D eigenvalue weighted by Crippen LogP contribution is 2.32. The van der Waals surface area contributed by atoms with Gasteiger partial charge in [-0.1, -0.05) is 6.07 Å². The zero-order valence-electron chi connectivity index (χ0n) is 11.9. The van der Waals surface area contributed by atoms with Crippen molar-refractivity contribution in [3.05, 3.63) is 42.5 Å². The molecule has 0 aliphatic carbocycles.